The molecule has 0 aliphatic heterocycles. The molecule has 0 spiro atoms. The van der Waals surface area contributed by atoms with Crippen LogP contribution in [0.2, 0.25) is 0 Å². The predicted octanol–water partition coefficient (Wildman–Crippen LogP) is 2.89. The molecule has 3 heterocycles. The zero-order chi connectivity index (χ0) is 20.5. The lowest BCUT2D eigenvalue weighted by molar-refractivity contribution is -0.122. The van der Waals surface area contributed by atoms with Crippen LogP contribution in [0.3, 0.4) is 0 Å². The van der Waals surface area contributed by atoms with Crippen molar-refractivity contribution >= 4 is 33.5 Å². The number of carbonyl (C=O) groups excluding carboxylic acids is 1. The number of hydrogen-bond acceptors (Lipinski definition) is 5. The van der Waals surface area contributed by atoms with Gasteiger partial charge in [0, 0.05) is 29.8 Å². The summed E-state index contributed by atoms with van der Waals surface area (Å²) in [5.74, 6) is -0.135. The maximum absolute atomic E-state index is 12.2. The number of amides is 1. The molecule has 10 heteroatoms. The Morgan fingerprint density at radius 2 is 2.14 bits per heavy atom. The largest absolute Gasteiger partial charge is 0.383 e. The van der Waals surface area contributed by atoms with Crippen LogP contribution in [0.1, 0.15) is 19.4 Å². The highest BCUT2D eigenvalue weighted by Gasteiger charge is 2.17. The highest BCUT2D eigenvalue weighted by atomic mass is 19.3. The van der Waals surface area contributed by atoms with Gasteiger partial charge in [-0.2, -0.15) is 10.2 Å². The smallest absolute Gasteiger partial charge is 0.255 e. The summed E-state index contributed by atoms with van der Waals surface area (Å²) in [4.78, 5) is 16.3. The van der Waals surface area contributed by atoms with E-state index in [0.29, 0.717) is 22.2 Å². The van der Waals surface area contributed by atoms with E-state index in [1.165, 1.54) is 0 Å². The number of anilines is 1. The van der Waals surface area contributed by atoms with Gasteiger partial charge in [0.15, 0.2) is 0 Å². The topological polar surface area (TPSA) is 115 Å². The van der Waals surface area contributed by atoms with E-state index in [1.54, 1.807) is 24.0 Å². The van der Waals surface area contributed by atoms with Crippen LogP contribution >= 0.6 is 0 Å². The summed E-state index contributed by atoms with van der Waals surface area (Å²) in [7, 11) is 0. The first kappa shape index (κ1) is 18.8. The molecule has 150 valence electrons. The van der Waals surface area contributed by atoms with E-state index in [2.05, 4.69) is 25.6 Å². The van der Waals surface area contributed by atoms with Gasteiger partial charge in [-0.3, -0.25) is 14.6 Å². The van der Waals surface area contributed by atoms with E-state index in [1.807, 2.05) is 24.3 Å². The average Bonchev–Trinajstić information content (AvgIpc) is 3.36. The molecule has 1 aromatic carbocycles. The van der Waals surface area contributed by atoms with Crippen molar-refractivity contribution in [1.82, 2.24) is 30.3 Å². The van der Waals surface area contributed by atoms with Crippen LogP contribution in [0.25, 0.3) is 33.1 Å². The normalized spacial score (nSPS) is 12.7. The molecule has 1 unspecified atom stereocenters. The second-order valence-corrected chi connectivity index (χ2v) is 6.81. The Bertz CT molecular complexity index is 1170. The average molecular weight is 399 g/mol. The summed E-state index contributed by atoms with van der Waals surface area (Å²) >= 11 is 0. The molecule has 0 fully saturated rings. The van der Waals surface area contributed by atoms with E-state index in [4.69, 9.17) is 5.73 Å². The van der Waals surface area contributed by atoms with Gasteiger partial charge in [-0.05, 0) is 25.1 Å². The lowest BCUT2D eigenvalue weighted by Gasteiger charge is -2.11. The first-order valence-corrected chi connectivity index (χ1v) is 9.05. The molecule has 0 radical (unpaired) electrons. The van der Waals surface area contributed by atoms with Crippen LogP contribution in [0, 0.1) is 0 Å². The van der Waals surface area contributed by atoms with Gasteiger partial charge in [-0.1, -0.05) is 6.07 Å². The molecule has 4 N–H and O–H groups in total. The first-order chi connectivity index (χ1) is 13.9. The van der Waals surface area contributed by atoms with Crippen LogP contribution in [0.15, 0.2) is 36.7 Å². The number of alkyl halides is 2. The summed E-state index contributed by atoms with van der Waals surface area (Å²) in [6.45, 7) is 1.13. The van der Waals surface area contributed by atoms with Gasteiger partial charge in [0.2, 0.25) is 5.91 Å². The number of H-pyrrole nitrogens is 1. The van der Waals surface area contributed by atoms with Crippen molar-refractivity contribution in [3.05, 3.63) is 36.7 Å². The summed E-state index contributed by atoms with van der Waals surface area (Å²) in [5, 5.41) is 15.2. The third-order valence-corrected chi connectivity index (χ3v) is 4.68. The molecule has 8 nitrogen and oxygen atoms in total. The highest BCUT2D eigenvalue weighted by molar-refractivity contribution is 6.08. The number of nitrogens with zero attached hydrogens (tertiary/aromatic N) is 4. The molecule has 4 rings (SSSR count). The van der Waals surface area contributed by atoms with Gasteiger partial charge in [-0.25, -0.2) is 13.8 Å². The maximum atomic E-state index is 12.2. The van der Waals surface area contributed by atoms with Gasteiger partial charge in [0.1, 0.15) is 11.3 Å². The molecule has 4 aromatic rings. The fourth-order valence-corrected chi connectivity index (χ4v) is 3.22. The van der Waals surface area contributed by atoms with Crippen molar-refractivity contribution in [1.29, 1.82) is 0 Å². The zero-order valence-corrected chi connectivity index (χ0v) is 15.6. The lowest BCUT2D eigenvalue weighted by Crippen LogP contribution is -2.30. The number of aromatic nitrogens is 5. The molecule has 1 amide bonds. The number of pyridine rings is 1. The number of carbonyl (C=O) groups is 1. The quantitative estimate of drug-likeness (QED) is 0.461. The molecule has 0 saturated carbocycles. The van der Waals surface area contributed by atoms with Crippen molar-refractivity contribution in [2.75, 3.05) is 12.3 Å². The summed E-state index contributed by atoms with van der Waals surface area (Å²) < 4.78 is 26.1. The predicted molar refractivity (Wildman–Crippen MR) is 105 cm³/mol. The Labute approximate surface area is 164 Å². The minimum absolute atomic E-state index is 0.0231. The number of nitrogen functional groups attached to an aromatic ring is 1. The molecule has 29 heavy (non-hydrogen) atoms. The molecule has 0 aliphatic carbocycles. The van der Waals surface area contributed by atoms with Gasteiger partial charge in [-0.15, -0.1) is 0 Å². The summed E-state index contributed by atoms with van der Waals surface area (Å²) in [6.07, 6.45) is 0.912. The molecular weight excluding hydrogens is 380 g/mol. The van der Waals surface area contributed by atoms with Crippen LogP contribution < -0.4 is 11.1 Å². The Hall–Kier alpha value is -3.56. The highest BCUT2D eigenvalue weighted by Crippen LogP contribution is 2.30. The van der Waals surface area contributed by atoms with Gasteiger partial charge < -0.3 is 11.1 Å². The minimum Gasteiger partial charge on any atom is -0.383 e. The van der Waals surface area contributed by atoms with Crippen molar-refractivity contribution < 1.29 is 13.6 Å². The fourth-order valence-electron chi connectivity index (χ4n) is 3.22. The molecule has 1 atom stereocenters. The van der Waals surface area contributed by atoms with Gasteiger partial charge >= 0.3 is 0 Å². The Morgan fingerprint density at radius 1 is 1.31 bits per heavy atom. The first-order valence-electron chi connectivity index (χ1n) is 9.05. The van der Waals surface area contributed by atoms with Crippen molar-refractivity contribution in [3.63, 3.8) is 0 Å². The lowest BCUT2D eigenvalue weighted by atomic mass is 10.1. The minimum atomic E-state index is -2.58. The Balaban J connectivity index is 1.67. The Morgan fingerprint density at radius 3 is 2.86 bits per heavy atom. The van der Waals surface area contributed by atoms with Crippen molar-refractivity contribution in [3.8, 4) is 11.3 Å². The number of benzene rings is 1. The molecule has 0 aliphatic rings. The van der Waals surface area contributed by atoms with Crippen LogP contribution in [-0.2, 0) is 4.79 Å². The maximum Gasteiger partial charge on any atom is 0.255 e. The third kappa shape index (κ3) is 3.73. The SMILES string of the molecule is CC(CC(=O)NCC(F)F)n1cc2c(N)nc3cc(-c4cc[nH]n4)ccc3c2n1. The van der Waals surface area contributed by atoms with Crippen LogP contribution in [0.5, 0.6) is 0 Å². The number of aromatic amines is 1. The van der Waals surface area contributed by atoms with E-state index < -0.39 is 18.9 Å². The zero-order valence-electron chi connectivity index (χ0n) is 15.6. The second-order valence-electron chi connectivity index (χ2n) is 6.81. The van der Waals surface area contributed by atoms with Gasteiger partial charge in [0.05, 0.1) is 29.2 Å². The van der Waals surface area contributed by atoms with E-state index in [9.17, 15) is 13.6 Å². The van der Waals surface area contributed by atoms with Crippen LogP contribution in [0.4, 0.5) is 14.6 Å². The van der Waals surface area contributed by atoms with E-state index in [0.717, 1.165) is 16.6 Å². The third-order valence-electron chi connectivity index (χ3n) is 4.68. The molecule has 0 saturated heterocycles. The second kappa shape index (κ2) is 7.46. The van der Waals surface area contributed by atoms with Crippen LogP contribution in [-0.4, -0.2) is 43.8 Å². The standard InChI is InChI=1S/C19H19F2N7O/c1-10(6-17(29)23-8-16(20)21)28-9-13-18(27-28)12-3-2-11(14-4-5-24-26-14)7-15(12)25-19(13)22/h2-5,7,9-10,16H,6,8H2,1H3,(H2,22,25)(H,23,29)(H,24,26). The number of hydrogen-bond donors (Lipinski definition) is 3. The van der Waals surface area contributed by atoms with Crippen molar-refractivity contribution in [2.24, 2.45) is 0 Å². The van der Waals surface area contributed by atoms with E-state index in [-0.39, 0.29) is 12.5 Å². The number of rotatable bonds is 6. The van der Waals surface area contributed by atoms with E-state index >= 15 is 0 Å². The van der Waals surface area contributed by atoms with Gasteiger partial charge in [0.25, 0.3) is 6.43 Å². The molecule has 0 bridgehead atoms. The van der Waals surface area contributed by atoms with Crippen molar-refractivity contribution in [2.45, 2.75) is 25.8 Å². The molecular formula is C19H19F2N7O. The fraction of sp³-hybridized carbons (Fsp3) is 0.263. The number of fused-ring (bicyclic) bond motifs is 3. The number of nitrogens with one attached hydrogen (secondary N) is 2. The molecule has 3 aromatic heterocycles. The Kier molecular flexibility index (Phi) is 4.83. The summed E-state index contributed by atoms with van der Waals surface area (Å²) in [5.41, 5.74) is 9.18. The number of nitrogens with two attached hydrogens (primary N) is 1. The number of halogens is 2. The summed E-state index contributed by atoms with van der Waals surface area (Å²) in [6, 6.07) is 7.25. The monoisotopic (exact) mass is 399 g/mol.